The van der Waals surface area contributed by atoms with E-state index in [4.69, 9.17) is 0 Å². The molecule has 1 atom stereocenters. The quantitative estimate of drug-likeness (QED) is 0.743. The molecule has 0 heterocycles. The first-order chi connectivity index (χ1) is 6.73. The molecule has 0 saturated heterocycles. The van der Waals surface area contributed by atoms with Crippen molar-refractivity contribution in [1.29, 1.82) is 0 Å². The van der Waals surface area contributed by atoms with Gasteiger partial charge in [0, 0.05) is 0 Å². The second-order valence-corrected chi connectivity index (χ2v) is 5.45. The van der Waals surface area contributed by atoms with Crippen molar-refractivity contribution in [3.63, 3.8) is 0 Å². The van der Waals surface area contributed by atoms with Crippen LogP contribution in [0.4, 0.5) is 0 Å². The van der Waals surface area contributed by atoms with E-state index in [0.29, 0.717) is 0 Å². The van der Waals surface area contributed by atoms with E-state index in [9.17, 15) is 5.11 Å². The number of hydrogen-bond donors (Lipinski definition) is 1. The fourth-order valence-electron chi connectivity index (χ4n) is 2.07. The summed E-state index contributed by atoms with van der Waals surface area (Å²) >= 11 is 0. The predicted octanol–water partition coefficient (Wildman–Crippen LogP) is 3.65. The minimum Gasteiger partial charge on any atom is -0.389 e. The molecule has 0 aromatic heterocycles. The van der Waals surface area contributed by atoms with Gasteiger partial charge in [0.25, 0.3) is 0 Å². The van der Waals surface area contributed by atoms with E-state index in [1.807, 2.05) is 6.92 Å². The van der Waals surface area contributed by atoms with Crippen molar-refractivity contribution < 1.29 is 5.11 Å². The third-order valence-corrected chi connectivity index (χ3v) is 2.88. The molecular weight excluding hydrogens is 184 g/mol. The smallest absolute Gasteiger partial charge is 0.0767 e. The fourth-order valence-corrected chi connectivity index (χ4v) is 2.07. The van der Waals surface area contributed by atoms with Crippen LogP contribution in [0.5, 0.6) is 0 Å². The third-order valence-electron chi connectivity index (χ3n) is 2.88. The number of rotatable bonds is 1. The average molecular weight is 206 g/mol. The number of aliphatic hydroxyl groups excluding tert-OH is 1. The Hall–Kier alpha value is -0.820. The van der Waals surface area contributed by atoms with Crippen LogP contribution in [0.25, 0.3) is 0 Å². The Morgan fingerprint density at radius 3 is 1.73 bits per heavy atom. The van der Waals surface area contributed by atoms with E-state index in [0.717, 1.165) is 5.56 Å². The van der Waals surface area contributed by atoms with Crippen LogP contribution < -0.4 is 0 Å². The average Bonchev–Trinajstić information content (AvgIpc) is 1.99. The second-order valence-electron chi connectivity index (χ2n) is 5.45. The maximum atomic E-state index is 9.68. The van der Waals surface area contributed by atoms with Crippen molar-refractivity contribution >= 4 is 0 Å². The Morgan fingerprint density at radius 2 is 1.47 bits per heavy atom. The van der Waals surface area contributed by atoms with Gasteiger partial charge in [-0.1, -0.05) is 32.9 Å². The molecule has 0 saturated carbocycles. The van der Waals surface area contributed by atoms with Crippen LogP contribution in [0.3, 0.4) is 0 Å². The van der Waals surface area contributed by atoms with Gasteiger partial charge < -0.3 is 5.11 Å². The molecule has 0 aliphatic carbocycles. The summed E-state index contributed by atoms with van der Waals surface area (Å²) in [6.45, 7) is 12.6. The number of hydrogen-bond acceptors (Lipinski definition) is 1. The molecule has 1 rings (SSSR count). The van der Waals surface area contributed by atoms with Crippen LogP contribution in [-0.4, -0.2) is 5.11 Å². The highest BCUT2D eigenvalue weighted by Gasteiger charge is 2.17. The minimum absolute atomic E-state index is 0.173. The van der Waals surface area contributed by atoms with E-state index in [2.05, 4.69) is 46.8 Å². The zero-order chi connectivity index (χ0) is 11.8. The lowest BCUT2D eigenvalue weighted by Crippen LogP contribution is -2.13. The first-order valence-electron chi connectivity index (χ1n) is 5.53. The zero-order valence-electron chi connectivity index (χ0n) is 10.7. The summed E-state index contributed by atoms with van der Waals surface area (Å²) in [6, 6.07) is 4.38. The van der Waals surface area contributed by atoms with Gasteiger partial charge in [0.15, 0.2) is 0 Å². The summed E-state index contributed by atoms with van der Waals surface area (Å²) in [7, 11) is 0. The largest absolute Gasteiger partial charge is 0.389 e. The van der Waals surface area contributed by atoms with E-state index in [-0.39, 0.29) is 11.5 Å². The van der Waals surface area contributed by atoms with E-state index in [1.165, 1.54) is 16.7 Å². The molecule has 1 nitrogen and oxygen atoms in total. The van der Waals surface area contributed by atoms with Gasteiger partial charge in [-0.3, -0.25) is 0 Å². The Labute approximate surface area is 93.1 Å². The van der Waals surface area contributed by atoms with Crippen LogP contribution in [0.15, 0.2) is 12.1 Å². The molecule has 84 valence electrons. The van der Waals surface area contributed by atoms with E-state index < -0.39 is 0 Å². The van der Waals surface area contributed by atoms with Crippen molar-refractivity contribution in [1.82, 2.24) is 0 Å². The maximum absolute atomic E-state index is 9.68. The monoisotopic (exact) mass is 206 g/mol. The lowest BCUT2D eigenvalue weighted by Gasteiger charge is -2.23. The number of benzene rings is 1. The number of aryl methyl sites for hydroxylation is 2. The van der Waals surface area contributed by atoms with Gasteiger partial charge in [-0.25, -0.2) is 0 Å². The van der Waals surface area contributed by atoms with Gasteiger partial charge in [-0.2, -0.15) is 0 Å². The molecule has 0 spiro atoms. The Balaban J connectivity index is 3.32. The standard InChI is InChI=1S/C14H22O/c1-9-7-12(14(4,5)6)8-10(2)13(9)11(3)15/h7-8,11,15H,1-6H3/t11-/m0/s1. The molecular formula is C14H22O. The molecule has 1 heteroatoms. The molecule has 1 N–H and O–H groups in total. The van der Waals surface area contributed by atoms with E-state index in [1.54, 1.807) is 0 Å². The Bertz CT molecular complexity index is 333. The lowest BCUT2D eigenvalue weighted by molar-refractivity contribution is 0.197. The summed E-state index contributed by atoms with van der Waals surface area (Å²) < 4.78 is 0. The first-order valence-corrected chi connectivity index (χ1v) is 5.53. The maximum Gasteiger partial charge on any atom is 0.0767 e. The SMILES string of the molecule is Cc1cc(C(C)(C)C)cc(C)c1[C@H](C)O. The molecule has 0 aliphatic heterocycles. The molecule has 0 fully saturated rings. The van der Waals surface area contributed by atoms with Crippen molar-refractivity contribution in [2.45, 2.75) is 53.1 Å². The minimum atomic E-state index is -0.376. The zero-order valence-corrected chi connectivity index (χ0v) is 10.7. The second kappa shape index (κ2) is 3.97. The summed E-state index contributed by atoms with van der Waals surface area (Å²) in [6.07, 6.45) is -0.376. The highest BCUT2D eigenvalue weighted by atomic mass is 16.3. The molecule has 1 aromatic carbocycles. The molecule has 15 heavy (non-hydrogen) atoms. The van der Waals surface area contributed by atoms with Crippen LogP contribution in [0.1, 0.15) is 56.1 Å². The molecule has 0 unspecified atom stereocenters. The Kier molecular flexibility index (Phi) is 3.25. The van der Waals surface area contributed by atoms with Crippen LogP contribution >= 0.6 is 0 Å². The molecule has 1 aromatic rings. The van der Waals surface area contributed by atoms with Crippen LogP contribution in [0, 0.1) is 13.8 Å². The first kappa shape index (κ1) is 12.3. The van der Waals surface area contributed by atoms with Gasteiger partial charge in [0.1, 0.15) is 0 Å². The lowest BCUT2D eigenvalue weighted by atomic mass is 9.83. The van der Waals surface area contributed by atoms with Gasteiger partial charge in [-0.05, 0) is 48.4 Å². The third kappa shape index (κ3) is 2.60. The van der Waals surface area contributed by atoms with Crippen molar-refractivity contribution in [2.24, 2.45) is 0 Å². The highest BCUT2D eigenvalue weighted by molar-refractivity contribution is 5.41. The Morgan fingerprint density at radius 1 is 1.07 bits per heavy atom. The van der Waals surface area contributed by atoms with Crippen LogP contribution in [0.2, 0.25) is 0 Å². The van der Waals surface area contributed by atoms with Gasteiger partial charge in [-0.15, -0.1) is 0 Å². The summed E-state index contributed by atoms with van der Waals surface area (Å²) in [4.78, 5) is 0. The molecule has 0 bridgehead atoms. The summed E-state index contributed by atoms with van der Waals surface area (Å²) in [5.74, 6) is 0. The van der Waals surface area contributed by atoms with Crippen molar-refractivity contribution in [2.75, 3.05) is 0 Å². The summed E-state index contributed by atoms with van der Waals surface area (Å²) in [5.41, 5.74) is 4.96. The van der Waals surface area contributed by atoms with Gasteiger partial charge in [0.2, 0.25) is 0 Å². The van der Waals surface area contributed by atoms with Crippen molar-refractivity contribution in [3.05, 3.63) is 34.4 Å². The normalized spacial score (nSPS) is 14.1. The van der Waals surface area contributed by atoms with Gasteiger partial charge >= 0.3 is 0 Å². The van der Waals surface area contributed by atoms with E-state index >= 15 is 0 Å². The molecule has 0 amide bonds. The predicted molar refractivity (Wildman–Crippen MR) is 65.2 cm³/mol. The van der Waals surface area contributed by atoms with Crippen molar-refractivity contribution in [3.8, 4) is 0 Å². The summed E-state index contributed by atoms with van der Waals surface area (Å²) in [5, 5.41) is 9.68. The highest BCUT2D eigenvalue weighted by Crippen LogP contribution is 2.29. The van der Waals surface area contributed by atoms with Crippen LogP contribution in [-0.2, 0) is 5.41 Å². The molecule has 0 radical (unpaired) electrons. The fraction of sp³-hybridized carbons (Fsp3) is 0.571. The molecule has 0 aliphatic rings. The number of aliphatic hydroxyl groups is 1. The topological polar surface area (TPSA) is 20.2 Å². The van der Waals surface area contributed by atoms with Gasteiger partial charge in [0.05, 0.1) is 6.10 Å².